The molecule has 0 spiro atoms. The van der Waals surface area contributed by atoms with Crippen LogP contribution in [0.15, 0.2) is 222 Å². The van der Waals surface area contributed by atoms with E-state index in [1.165, 1.54) is 85.9 Å². The average molecular weight is 795 g/mol. The third-order valence-electron chi connectivity index (χ3n) is 12.1. The lowest BCUT2D eigenvalue weighted by Crippen LogP contribution is -2.16. The highest BCUT2D eigenvalue weighted by Crippen LogP contribution is 2.42. The fraction of sp³-hybridized carbons (Fsp3) is 0.0175. The van der Waals surface area contributed by atoms with Crippen LogP contribution in [-0.2, 0) is 0 Å². The van der Waals surface area contributed by atoms with Crippen LogP contribution in [0.3, 0.4) is 0 Å². The van der Waals surface area contributed by atoms with Crippen molar-refractivity contribution in [2.45, 2.75) is 6.17 Å². The number of fused-ring (bicyclic) bond motifs is 9. The molecule has 0 N–H and O–H groups in total. The predicted molar refractivity (Wildman–Crippen MR) is 260 cm³/mol. The van der Waals surface area contributed by atoms with Crippen molar-refractivity contribution in [3.63, 3.8) is 0 Å². The van der Waals surface area contributed by atoms with Gasteiger partial charge in [0, 0.05) is 25.7 Å². The van der Waals surface area contributed by atoms with E-state index in [0.717, 1.165) is 16.7 Å². The van der Waals surface area contributed by atoms with Gasteiger partial charge in [0.1, 0.15) is 0 Å². The zero-order valence-electron chi connectivity index (χ0n) is 33.0. The smallest absolute Gasteiger partial charge is 0.0822 e. The summed E-state index contributed by atoms with van der Waals surface area (Å²) < 4.78 is 2.45. The molecule has 0 bridgehead atoms. The van der Waals surface area contributed by atoms with Crippen LogP contribution >= 0.6 is 11.3 Å². The maximum absolute atomic E-state index is 5.19. The summed E-state index contributed by atoms with van der Waals surface area (Å²) in [5.74, 6) is 1.40. The van der Waals surface area contributed by atoms with E-state index in [9.17, 15) is 0 Å². The SMILES string of the molecule is c1ccc(C2=NC(c3cccc4sc5ccc(-c6ccc(-c7ccccc7-c7ccc8c9ccccc9c9ccccc9c8c7)cc6)cc5c34)=NC(c3ccccc3)[N-]2)cc1. The number of rotatable bonds is 6. The van der Waals surface area contributed by atoms with Crippen molar-refractivity contribution in [1.82, 2.24) is 0 Å². The Bertz CT molecular complexity index is 3510. The van der Waals surface area contributed by atoms with Crippen LogP contribution in [0.2, 0.25) is 0 Å². The van der Waals surface area contributed by atoms with E-state index in [1.54, 1.807) is 0 Å². The minimum atomic E-state index is -0.385. The first-order valence-corrected chi connectivity index (χ1v) is 21.5. The van der Waals surface area contributed by atoms with Gasteiger partial charge in [0.05, 0.1) is 12.0 Å². The van der Waals surface area contributed by atoms with Crippen LogP contribution in [0.1, 0.15) is 22.9 Å². The summed E-state index contributed by atoms with van der Waals surface area (Å²) in [6.07, 6.45) is -0.385. The summed E-state index contributed by atoms with van der Waals surface area (Å²) in [6.45, 7) is 0. The topological polar surface area (TPSA) is 38.8 Å². The number of thiophene rings is 1. The van der Waals surface area contributed by atoms with Gasteiger partial charge < -0.3 is 10.3 Å². The third-order valence-corrected chi connectivity index (χ3v) is 13.2. The second-order valence-corrected chi connectivity index (χ2v) is 16.7. The van der Waals surface area contributed by atoms with Crippen LogP contribution in [0.25, 0.3) is 91.2 Å². The Morgan fingerprint density at radius 3 is 1.62 bits per heavy atom. The van der Waals surface area contributed by atoms with Crippen molar-refractivity contribution in [2.24, 2.45) is 9.98 Å². The molecule has 3 nitrogen and oxygen atoms in total. The van der Waals surface area contributed by atoms with Gasteiger partial charge in [-0.2, -0.15) is 0 Å². The maximum Gasteiger partial charge on any atom is 0.0822 e. The minimum absolute atomic E-state index is 0.385. The second-order valence-electron chi connectivity index (χ2n) is 15.6. The molecule has 1 atom stereocenters. The van der Waals surface area contributed by atoms with Crippen molar-refractivity contribution in [2.75, 3.05) is 0 Å². The maximum atomic E-state index is 5.19. The van der Waals surface area contributed by atoms with Crippen molar-refractivity contribution in [3.05, 3.63) is 234 Å². The van der Waals surface area contributed by atoms with E-state index in [0.29, 0.717) is 11.7 Å². The lowest BCUT2D eigenvalue weighted by atomic mass is 9.89. The van der Waals surface area contributed by atoms with Gasteiger partial charge in [-0.15, -0.1) is 11.3 Å². The van der Waals surface area contributed by atoms with Gasteiger partial charge in [0.2, 0.25) is 0 Å². The van der Waals surface area contributed by atoms with Crippen LogP contribution in [0.4, 0.5) is 0 Å². The van der Waals surface area contributed by atoms with Gasteiger partial charge in [0.15, 0.2) is 0 Å². The Hall–Kier alpha value is -7.66. The Kier molecular flexibility index (Phi) is 8.43. The molecule has 1 unspecified atom stereocenters. The van der Waals surface area contributed by atoms with Crippen LogP contribution < -0.4 is 0 Å². The molecule has 61 heavy (non-hydrogen) atoms. The fourth-order valence-corrected chi connectivity index (χ4v) is 10.3. The van der Waals surface area contributed by atoms with E-state index < -0.39 is 0 Å². The Morgan fingerprint density at radius 1 is 0.361 bits per heavy atom. The van der Waals surface area contributed by atoms with Crippen LogP contribution in [-0.4, -0.2) is 11.7 Å². The van der Waals surface area contributed by atoms with Gasteiger partial charge in [-0.1, -0.05) is 194 Å². The molecule has 0 saturated carbocycles. The van der Waals surface area contributed by atoms with Crippen molar-refractivity contribution < 1.29 is 0 Å². The second kappa shape index (κ2) is 14.6. The number of hydrogen-bond donors (Lipinski definition) is 0. The summed E-state index contributed by atoms with van der Waals surface area (Å²) in [6, 6.07) is 76.2. The first-order valence-electron chi connectivity index (χ1n) is 20.7. The van der Waals surface area contributed by atoms with Gasteiger partial charge >= 0.3 is 0 Å². The largest absolute Gasteiger partial charge is 0.438 e. The first kappa shape index (κ1) is 35.3. The summed E-state index contributed by atoms with van der Waals surface area (Å²) in [5.41, 5.74) is 10.2. The zero-order valence-corrected chi connectivity index (χ0v) is 33.9. The normalized spacial score (nSPS) is 14.1. The van der Waals surface area contributed by atoms with E-state index in [4.69, 9.17) is 15.3 Å². The highest BCUT2D eigenvalue weighted by Gasteiger charge is 2.18. The molecule has 0 aliphatic carbocycles. The summed E-state index contributed by atoms with van der Waals surface area (Å²) in [7, 11) is 0. The Morgan fingerprint density at radius 2 is 0.902 bits per heavy atom. The summed E-state index contributed by atoms with van der Waals surface area (Å²) in [4.78, 5) is 10.3. The molecule has 0 saturated heterocycles. The molecule has 10 aromatic carbocycles. The summed E-state index contributed by atoms with van der Waals surface area (Å²) in [5, 5.41) is 15.1. The molecular weight excluding hydrogens is 759 g/mol. The molecule has 2 heterocycles. The molecule has 0 radical (unpaired) electrons. The molecule has 11 aromatic rings. The quantitative estimate of drug-likeness (QED) is 0.150. The summed E-state index contributed by atoms with van der Waals surface area (Å²) >= 11 is 1.81. The number of amidine groups is 2. The highest BCUT2D eigenvalue weighted by atomic mass is 32.1. The van der Waals surface area contributed by atoms with E-state index in [2.05, 4.69) is 176 Å². The van der Waals surface area contributed by atoms with Crippen molar-refractivity contribution in [3.8, 4) is 33.4 Å². The van der Waals surface area contributed by atoms with Crippen molar-refractivity contribution in [1.29, 1.82) is 0 Å². The van der Waals surface area contributed by atoms with Crippen molar-refractivity contribution >= 4 is 75.5 Å². The number of benzene rings is 10. The Labute approximate surface area is 357 Å². The Balaban J connectivity index is 0.928. The average Bonchev–Trinajstić information content (AvgIpc) is 3.73. The first-order chi connectivity index (χ1) is 30.2. The van der Waals surface area contributed by atoms with Gasteiger partial charge in [0.25, 0.3) is 0 Å². The molecule has 1 aliphatic rings. The molecular formula is C57H36N3S-. The van der Waals surface area contributed by atoms with E-state index in [1.807, 2.05) is 47.7 Å². The van der Waals surface area contributed by atoms with E-state index >= 15 is 0 Å². The molecule has 4 heteroatoms. The van der Waals surface area contributed by atoms with Gasteiger partial charge in [-0.25, -0.2) is 0 Å². The predicted octanol–water partition coefficient (Wildman–Crippen LogP) is 15.8. The molecule has 0 fully saturated rings. The monoisotopic (exact) mass is 794 g/mol. The van der Waals surface area contributed by atoms with E-state index in [-0.39, 0.29) is 6.17 Å². The molecule has 1 aliphatic heterocycles. The molecule has 1 aromatic heterocycles. The lowest BCUT2D eigenvalue weighted by molar-refractivity contribution is 0.878. The molecule has 12 rings (SSSR count). The number of nitrogens with zero attached hydrogens (tertiary/aromatic N) is 3. The van der Waals surface area contributed by atoms with Gasteiger partial charge in [-0.05, 0) is 101 Å². The third kappa shape index (κ3) is 6.11. The van der Waals surface area contributed by atoms with Crippen LogP contribution in [0.5, 0.6) is 0 Å². The fourth-order valence-electron chi connectivity index (χ4n) is 9.15. The zero-order chi connectivity index (χ0) is 40.3. The van der Waals surface area contributed by atoms with Crippen LogP contribution in [0, 0.1) is 0 Å². The number of hydrogen-bond acceptors (Lipinski definition) is 3. The highest BCUT2D eigenvalue weighted by molar-refractivity contribution is 7.25. The standard InChI is InChI=1S/C57H36N3S/c1-3-14-38(15-4-1)55-58-56(39-16-5-2-6-17-39)60-57(59-55)49-24-13-25-53-54(49)51-34-40(31-33-52(51)61-53)36-26-28-37(29-27-36)42-18-7-8-19-43(42)41-30-32-48-46-22-10-9-20-44(46)45-21-11-12-23-47(45)50(48)35-41/h1-35,55H/q-1. The van der Waals surface area contributed by atoms with Gasteiger partial charge in [-0.3, -0.25) is 4.99 Å². The minimum Gasteiger partial charge on any atom is -0.438 e. The number of aliphatic imine (C=N–C) groups is 2. The molecule has 0 amide bonds. The lowest BCUT2D eigenvalue weighted by Gasteiger charge is -2.32. The molecule has 286 valence electrons.